The van der Waals surface area contributed by atoms with Gasteiger partial charge in [0.05, 0.1) is 18.0 Å². The largest absolute Gasteiger partial charge is 0.496 e. The summed E-state index contributed by atoms with van der Waals surface area (Å²) < 4.78 is 5.90. The Morgan fingerprint density at radius 1 is 1.39 bits per heavy atom. The molecule has 0 fully saturated rings. The first kappa shape index (κ1) is 14.5. The smallest absolute Gasteiger partial charge is 0.303 e. The lowest BCUT2D eigenvalue weighted by Crippen LogP contribution is -2.23. The number of ether oxygens (including phenoxy) is 1. The number of hydrogen-bond acceptors (Lipinski definition) is 3. The van der Waals surface area contributed by atoms with Crippen LogP contribution >= 0.6 is 15.9 Å². The van der Waals surface area contributed by atoms with Crippen LogP contribution in [0.2, 0.25) is 0 Å². The summed E-state index contributed by atoms with van der Waals surface area (Å²) in [5.74, 6) is -0.530. The number of benzene rings is 1. The van der Waals surface area contributed by atoms with Crippen molar-refractivity contribution in [3.8, 4) is 5.75 Å². The van der Waals surface area contributed by atoms with Gasteiger partial charge in [-0.15, -0.1) is 0 Å². The normalized spacial score (nSPS) is 9.89. The van der Waals surface area contributed by atoms with E-state index in [0.29, 0.717) is 6.54 Å². The minimum Gasteiger partial charge on any atom is -0.496 e. The van der Waals surface area contributed by atoms with E-state index in [1.54, 1.807) is 13.2 Å². The molecule has 0 atom stereocenters. The summed E-state index contributed by atoms with van der Waals surface area (Å²) in [4.78, 5) is 21.6. The lowest BCUT2D eigenvalue weighted by Gasteiger charge is -2.07. The Morgan fingerprint density at radius 3 is 2.67 bits per heavy atom. The average Bonchev–Trinajstić information content (AvgIpc) is 2.34. The molecule has 2 N–H and O–H groups in total. The molecular formula is C12H14BrNO4. The molecule has 0 aliphatic rings. The van der Waals surface area contributed by atoms with E-state index < -0.39 is 5.97 Å². The number of hydrogen-bond donors (Lipinski definition) is 2. The third-order valence-corrected chi connectivity index (χ3v) is 2.89. The van der Waals surface area contributed by atoms with Crippen molar-refractivity contribution in [3.63, 3.8) is 0 Å². The number of rotatable bonds is 6. The Kier molecular flexibility index (Phi) is 5.64. The van der Waals surface area contributed by atoms with Gasteiger partial charge in [0.25, 0.3) is 0 Å². The van der Waals surface area contributed by atoms with Crippen LogP contribution in [-0.4, -0.2) is 24.1 Å². The fraction of sp³-hybridized carbons (Fsp3) is 0.333. The summed E-state index contributed by atoms with van der Waals surface area (Å²) in [5, 5.41) is 11.1. The summed E-state index contributed by atoms with van der Waals surface area (Å²) in [6.45, 7) is 0.362. The number of carboxylic acids is 1. The summed E-state index contributed by atoms with van der Waals surface area (Å²) in [7, 11) is 1.58. The van der Waals surface area contributed by atoms with Gasteiger partial charge < -0.3 is 15.2 Å². The molecule has 0 radical (unpaired) electrons. The Hall–Kier alpha value is -1.56. The quantitative estimate of drug-likeness (QED) is 0.841. The van der Waals surface area contributed by atoms with Gasteiger partial charge in [-0.25, -0.2) is 0 Å². The maximum absolute atomic E-state index is 11.3. The third-order valence-electron chi connectivity index (χ3n) is 2.27. The van der Waals surface area contributed by atoms with Gasteiger partial charge in [0.15, 0.2) is 0 Å². The Balaban J connectivity index is 2.46. The first-order valence-electron chi connectivity index (χ1n) is 5.34. The highest BCUT2D eigenvalue weighted by Crippen LogP contribution is 2.25. The predicted molar refractivity (Wildman–Crippen MR) is 69.4 cm³/mol. The minimum atomic E-state index is -0.975. The molecule has 0 saturated carbocycles. The third kappa shape index (κ3) is 4.75. The second-order valence-electron chi connectivity index (χ2n) is 3.64. The molecular weight excluding hydrogens is 302 g/mol. The van der Waals surface area contributed by atoms with Crippen molar-refractivity contribution in [1.82, 2.24) is 5.32 Å². The van der Waals surface area contributed by atoms with E-state index >= 15 is 0 Å². The average molecular weight is 316 g/mol. The molecule has 98 valence electrons. The van der Waals surface area contributed by atoms with Gasteiger partial charge in [-0.2, -0.15) is 0 Å². The van der Waals surface area contributed by atoms with E-state index in [-0.39, 0.29) is 18.7 Å². The minimum absolute atomic E-state index is 0.00728. The zero-order valence-electron chi connectivity index (χ0n) is 9.90. The number of carboxylic acid groups (broad SMARTS) is 1. The molecule has 0 aliphatic carbocycles. The Morgan fingerprint density at radius 2 is 2.11 bits per heavy atom. The number of nitrogens with one attached hydrogen (secondary N) is 1. The highest BCUT2D eigenvalue weighted by Gasteiger charge is 2.06. The van der Waals surface area contributed by atoms with Gasteiger partial charge in [0.2, 0.25) is 5.91 Å². The number of carbonyl (C=O) groups excluding carboxylic acids is 1. The van der Waals surface area contributed by atoms with E-state index in [2.05, 4.69) is 21.2 Å². The molecule has 6 heteroatoms. The summed E-state index contributed by atoms with van der Waals surface area (Å²) in [6, 6.07) is 5.47. The highest BCUT2D eigenvalue weighted by atomic mass is 79.9. The first-order valence-corrected chi connectivity index (χ1v) is 6.13. The molecule has 5 nitrogen and oxygen atoms in total. The molecule has 1 aromatic carbocycles. The van der Waals surface area contributed by atoms with Gasteiger partial charge in [0.1, 0.15) is 5.75 Å². The fourth-order valence-electron chi connectivity index (χ4n) is 1.33. The van der Waals surface area contributed by atoms with Crippen molar-refractivity contribution in [2.75, 3.05) is 7.11 Å². The van der Waals surface area contributed by atoms with Crippen molar-refractivity contribution in [2.24, 2.45) is 0 Å². The lowest BCUT2D eigenvalue weighted by molar-refractivity contribution is -0.138. The van der Waals surface area contributed by atoms with Crippen LogP contribution in [0, 0.1) is 0 Å². The molecule has 1 rings (SSSR count). The molecule has 0 aromatic heterocycles. The van der Waals surface area contributed by atoms with E-state index in [1.807, 2.05) is 12.1 Å². The Labute approximate surface area is 113 Å². The van der Waals surface area contributed by atoms with Crippen LogP contribution in [0.5, 0.6) is 5.75 Å². The molecule has 0 bridgehead atoms. The second kappa shape index (κ2) is 7.00. The molecule has 0 aliphatic heterocycles. The lowest BCUT2D eigenvalue weighted by atomic mass is 10.2. The molecule has 18 heavy (non-hydrogen) atoms. The molecule has 0 unspecified atom stereocenters. The van der Waals surface area contributed by atoms with Gasteiger partial charge in [-0.05, 0) is 33.6 Å². The van der Waals surface area contributed by atoms with Crippen molar-refractivity contribution >= 4 is 27.8 Å². The summed E-state index contributed by atoms with van der Waals surface area (Å²) in [5.41, 5.74) is 0.909. The van der Waals surface area contributed by atoms with E-state index in [4.69, 9.17) is 9.84 Å². The van der Waals surface area contributed by atoms with Gasteiger partial charge in [-0.1, -0.05) is 6.07 Å². The van der Waals surface area contributed by atoms with E-state index in [1.165, 1.54) is 0 Å². The van der Waals surface area contributed by atoms with Gasteiger partial charge in [-0.3, -0.25) is 9.59 Å². The molecule has 1 amide bonds. The van der Waals surface area contributed by atoms with Gasteiger partial charge in [0, 0.05) is 13.0 Å². The van der Waals surface area contributed by atoms with Crippen molar-refractivity contribution in [1.29, 1.82) is 0 Å². The molecule has 0 heterocycles. The highest BCUT2D eigenvalue weighted by molar-refractivity contribution is 9.10. The van der Waals surface area contributed by atoms with E-state index in [9.17, 15) is 9.59 Å². The fourth-order valence-corrected chi connectivity index (χ4v) is 1.92. The van der Waals surface area contributed by atoms with Crippen LogP contribution in [0.4, 0.5) is 0 Å². The van der Waals surface area contributed by atoms with Crippen molar-refractivity contribution in [2.45, 2.75) is 19.4 Å². The molecule has 1 aromatic rings. The Bertz CT molecular complexity index is 448. The van der Waals surface area contributed by atoms with Crippen LogP contribution in [0.25, 0.3) is 0 Å². The molecule has 0 spiro atoms. The van der Waals surface area contributed by atoms with E-state index in [0.717, 1.165) is 15.8 Å². The van der Waals surface area contributed by atoms with Crippen molar-refractivity contribution in [3.05, 3.63) is 28.2 Å². The zero-order valence-corrected chi connectivity index (χ0v) is 11.5. The standard InChI is InChI=1S/C12H14BrNO4/c1-18-10-3-2-8(6-9(10)13)7-14-11(15)4-5-12(16)17/h2-3,6H,4-5,7H2,1H3,(H,14,15)(H,16,17). The van der Waals surface area contributed by atoms with Crippen LogP contribution < -0.4 is 10.1 Å². The molecule has 0 saturated heterocycles. The summed E-state index contributed by atoms with van der Waals surface area (Å²) in [6.07, 6.45) is -0.162. The van der Waals surface area contributed by atoms with Crippen LogP contribution in [0.3, 0.4) is 0 Å². The number of carbonyl (C=O) groups is 2. The zero-order chi connectivity index (χ0) is 13.5. The van der Waals surface area contributed by atoms with Crippen molar-refractivity contribution < 1.29 is 19.4 Å². The number of amides is 1. The number of aliphatic carboxylic acids is 1. The topological polar surface area (TPSA) is 75.6 Å². The maximum Gasteiger partial charge on any atom is 0.303 e. The monoisotopic (exact) mass is 315 g/mol. The maximum atomic E-state index is 11.3. The van der Waals surface area contributed by atoms with Gasteiger partial charge >= 0.3 is 5.97 Å². The number of halogens is 1. The van der Waals surface area contributed by atoms with Crippen LogP contribution in [0.15, 0.2) is 22.7 Å². The summed E-state index contributed by atoms with van der Waals surface area (Å²) >= 11 is 3.35. The number of methoxy groups -OCH3 is 1. The first-order chi connectivity index (χ1) is 8.52. The van der Waals surface area contributed by atoms with Crippen LogP contribution in [0.1, 0.15) is 18.4 Å². The second-order valence-corrected chi connectivity index (χ2v) is 4.49. The SMILES string of the molecule is COc1ccc(CNC(=O)CCC(=O)O)cc1Br. The van der Waals surface area contributed by atoms with Crippen LogP contribution in [-0.2, 0) is 16.1 Å². The predicted octanol–water partition coefficient (Wildman–Crippen LogP) is 1.94.